The fraction of sp³-hybridized carbons (Fsp3) is 0.303. The molecule has 1 atom stereocenters. The number of aromatic nitrogens is 2. The number of amides is 1. The number of rotatable bonds is 13. The van der Waals surface area contributed by atoms with Crippen LogP contribution < -0.4 is 5.32 Å². The van der Waals surface area contributed by atoms with Crippen LogP contribution in [0.5, 0.6) is 0 Å². The minimum Gasteiger partial charge on any atom is -0.361 e. The third-order valence-corrected chi connectivity index (χ3v) is 8.75. The lowest BCUT2D eigenvalue weighted by Crippen LogP contribution is -2.48. The molecule has 0 fully saturated rings. The summed E-state index contributed by atoms with van der Waals surface area (Å²) in [5, 5.41) is 3.34. The van der Waals surface area contributed by atoms with Crippen LogP contribution in [-0.2, 0) is 21.8 Å². The van der Waals surface area contributed by atoms with Crippen LogP contribution in [0.3, 0.4) is 0 Å². The molecule has 1 amide bonds. The van der Waals surface area contributed by atoms with Gasteiger partial charge in [0.15, 0.2) is 5.82 Å². The average Bonchev–Trinajstić information content (AvgIpc) is 3.43. The summed E-state index contributed by atoms with van der Waals surface area (Å²) < 4.78 is 7.57. The van der Waals surface area contributed by atoms with Crippen LogP contribution in [0.1, 0.15) is 40.7 Å². The molecule has 1 aromatic heterocycles. The lowest BCUT2D eigenvalue weighted by molar-refractivity contribution is -0.122. The third kappa shape index (κ3) is 7.03. The Morgan fingerprint density at radius 2 is 1.38 bits per heavy atom. The molecule has 0 radical (unpaired) electrons. The third-order valence-electron chi connectivity index (χ3n) is 7.05. The maximum Gasteiger partial charge on any atom is 0.221 e. The summed E-state index contributed by atoms with van der Waals surface area (Å²) in [7, 11) is -1.21. The van der Waals surface area contributed by atoms with Crippen molar-refractivity contribution in [3.8, 4) is 0 Å². The highest BCUT2D eigenvalue weighted by Crippen LogP contribution is 2.37. The van der Waals surface area contributed by atoms with Gasteiger partial charge in [-0.2, -0.15) is 0 Å². The molecule has 0 bridgehead atoms. The van der Waals surface area contributed by atoms with Gasteiger partial charge in [0, 0.05) is 39.4 Å². The van der Waals surface area contributed by atoms with Crippen molar-refractivity contribution in [2.24, 2.45) is 5.92 Å². The van der Waals surface area contributed by atoms with E-state index in [9.17, 15) is 9.59 Å². The molecule has 7 heteroatoms. The summed E-state index contributed by atoms with van der Waals surface area (Å²) in [6, 6.07) is 30.9. The fourth-order valence-electron chi connectivity index (χ4n) is 4.81. The van der Waals surface area contributed by atoms with Crippen molar-refractivity contribution in [3.05, 3.63) is 126 Å². The van der Waals surface area contributed by atoms with Crippen molar-refractivity contribution >= 4 is 19.8 Å². The van der Waals surface area contributed by atoms with Crippen LogP contribution >= 0.6 is 0 Å². The lowest BCUT2D eigenvalue weighted by atomic mass is 9.76. The van der Waals surface area contributed by atoms with Crippen molar-refractivity contribution in [2.45, 2.75) is 51.3 Å². The summed E-state index contributed by atoms with van der Waals surface area (Å²) in [6.45, 7) is 9.61. The molecule has 0 aliphatic heterocycles. The number of hydrogen-bond donors (Lipinski definition) is 1. The van der Waals surface area contributed by atoms with Crippen LogP contribution in [0.4, 0.5) is 0 Å². The molecule has 40 heavy (non-hydrogen) atoms. The summed E-state index contributed by atoms with van der Waals surface area (Å²) in [5.41, 5.74) is 1.88. The number of Topliss-reactive ketones (excluding diaryl/α,β-unsaturated/α-hetero) is 1. The smallest absolute Gasteiger partial charge is 0.221 e. The second-order valence-electron chi connectivity index (χ2n) is 11.4. The molecule has 1 heterocycles. The van der Waals surface area contributed by atoms with E-state index in [1.54, 1.807) is 23.9 Å². The van der Waals surface area contributed by atoms with Gasteiger partial charge in [-0.05, 0) is 22.7 Å². The monoisotopic (exact) mass is 553 g/mol. The average molecular weight is 554 g/mol. The van der Waals surface area contributed by atoms with E-state index in [4.69, 9.17) is 4.74 Å². The Kier molecular flexibility index (Phi) is 9.50. The zero-order chi connectivity index (χ0) is 28.6. The highest BCUT2D eigenvalue weighted by Gasteiger charge is 2.38. The zero-order valence-electron chi connectivity index (χ0n) is 23.8. The molecule has 0 aliphatic carbocycles. The Morgan fingerprint density at radius 1 is 0.875 bits per heavy atom. The Balaban J connectivity index is 1.56. The number of carbonyl (C=O) groups is 2. The van der Waals surface area contributed by atoms with Crippen LogP contribution in [0.15, 0.2) is 103 Å². The molecular weight excluding hydrogens is 514 g/mol. The zero-order valence-corrected chi connectivity index (χ0v) is 24.8. The molecule has 0 saturated heterocycles. The van der Waals surface area contributed by atoms with Crippen molar-refractivity contribution in [1.29, 1.82) is 0 Å². The van der Waals surface area contributed by atoms with Crippen molar-refractivity contribution < 1.29 is 14.3 Å². The molecule has 3 aromatic carbocycles. The highest BCUT2D eigenvalue weighted by molar-refractivity contribution is 6.76. The summed E-state index contributed by atoms with van der Waals surface area (Å²) in [6.07, 6.45) is 3.38. The van der Waals surface area contributed by atoms with Gasteiger partial charge in [-0.15, -0.1) is 0 Å². The second kappa shape index (κ2) is 13.0. The maximum absolute atomic E-state index is 13.7. The number of nitrogens with zero attached hydrogens (tertiary/aromatic N) is 2. The van der Waals surface area contributed by atoms with Crippen LogP contribution in [0.25, 0.3) is 0 Å². The van der Waals surface area contributed by atoms with Crippen LogP contribution in [0, 0.1) is 5.92 Å². The van der Waals surface area contributed by atoms with E-state index >= 15 is 0 Å². The number of imidazole rings is 1. The van der Waals surface area contributed by atoms with Crippen LogP contribution in [-0.4, -0.2) is 35.9 Å². The number of ketones is 1. The number of benzene rings is 3. The predicted octanol–water partition coefficient (Wildman–Crippen LogP) is 6.51. The van der Waals surface area contributed by atoms with E-state index in [0.717, 1.165) is 22.7 Å². The Labute approximate surface area is 238 Å². The molecule has 0 spiro atoms. The van der Waals surface area contributed by atoms with Gasteiger partial charge >= 0.3 is 0 Å². The Hall–Kier alpha value is -3.81. The molecular formula is C33H39N3O3Si. The largest absolute Gasteiger partial charge is 0.361 e. The van der Waals surface area contributed by atoms with Gasteiger partial charge in [0.05, 0.1) is 0 Å². The van der Waals surface area contributed by atoms with Crippen molar-refractivity contribution in [3.63, 3.8) is 0 Å². The minimum atomic E-state index is -1.21. The maximum atomic E-state index is 13.7. The van der Waals surface area contributed by atoms with Crippen molar-refractivity contribution in [1.82, 2.24) is 14.9 Å². The second-order valence-corrected chi connectivity index (χ2v) is 17.1. The highest BCUT2D eigenvalue weighted by atomic mass is 28.3. The molecule has 208 valence electrons. The van der Waals surface area contributed by atoms with Gasteiger partial charge in [-0.25, -0.2) is 4.98 Å². The van der Waals surface area contributed by atoms with Gasteiger partial charge in [0.1, 0.15) is 12.3 Å². The SMILES string of the molecule is C[C@H](CC(=O)NC(c1ccccc1)(c1ccccc1)c1ccccc1)C(=O)c1nccn1COCC[Si](C)(C)C. The Morgan fingerprint density at radius 3 is 1.85 bits per heavy atom. The van der Waals surface area contributed by atoms with Gasteiger partial charge in [0.2, 0.25) is 11.7 Å². The fourth-order valence-corrected chi connectivity index (χ4v) is 5.57. The standard InChI is InChI=1S/C33H39N3O3Si/c1-26(31(38)32-34-20-21-36(32)25-39-22-23-40(2,3)4)24-30(37)35-33(27-14-8-5-9-15-27,28-16-10-6-11-17-28)29-18-12-7-13-19-29/h5-21,26H,22-25H2,1-4H3,(H,35,37)/t26-/m1/s1. The van der Waals surface area contributed by atoms with E-state index < -0.39 is 19.5 Å². The molecule has 6 nitrogen and oxygen atoms in total. The summed E-state index contributed by atoms with van der Waals surface area (Å²) >= 11 is 0. The lowest BCUT2D eigenvalue weighted by Gasteiger charge is -2.37. The van der Waals surface area contributed by atoms with Gasteiger partial charge < -0.3 is 14.6 Å². The first-order valence-corrected chi connectivity index (χ1v) is 17.5. The van der Waals surface area contributed by atoms with E-state index in [1.165, 1.54) is 0 Å². The minimum absolute atomic E-state index is 0.0242. The topological polar surface area (TPSA) is 73.2 Å². The molecule has 4 aromatic rings. The first-order valence-electron chi connectivity index (χ1n) is 13.8. The summed E-state index contributed by atoms with van der Waals surface area (Å²) in [4.78, 5) is 31.5. The van der Waals surface area contributed by atoms with Gasteiger partial charge in [-0.3, -0.25) is 9.59 Å². The number of carbonyl (C=O) groups excluding carboxylic acids is 2. The van der Waals surface area contributed by atoms with E-state index in [0.29, 0.717) is 12.4 Å². The van der Waals surface area contributed by atoms with E-state index in [-0.39, 0.29) is 24.8 Å². The summed E-state index contributed by atoms with van der Waals surface area (Å²) in [5.74, 6) is -0.655. The van der Waals surface area contributed by atoms with Crippen molar-refractivity contribution in [2.75, 3.05) is 6.61 Å². The van der Waals surface area contributed by atoms with Gasteiger partial charge in [-0.1, -0.05) is 118 Å². The number of hydrogen-bond acceptors (Lipinski definition) is 4. The Bertz CT molecular complexity index is 1290. The predicted molar refractivity (Wildman–Crippen MR) is 162 cm³/mol. The first kappa shape index (κ1) is 29.2. The quantitative estimate of drug-likeness (QED) is 0.0886. The number of nitrogens with one attached hydrogen (secondary N) is 1. The first-order chi connectivity index (χ1) is 19.2. The number of ether oxygens (including phenoxy) is 1. The molecule has 0 saturated carbocycles. The molecule has 4 rings (SSSR count). The molecule has 1 N–H and O–H groups in total. The van der Waals surface area contributed by atoms with Gasteiger partial charge in [0.25, 0.3) is 0 Å². The molecule has 0 aliphatic rings. The van der Waals surface area contributed by atoms with E-state index in [1.807, 2.05) is 91.0 Å². The normalized spacial score (nSPS) is 12.6. The van der Waals surface area contributed by atoms with Crippen LogP contribution in [0.2, 0.25) is 25.7 Å². The van der Waals surface area contributed by atoms with E-state index in [2.05, 4.69) is 29.9 Å². The molecule has 0 unspecified atom stereocenters.